The lowest BCUT2D eigenvalue weighted by molar-refractivity contribution is 0.721. The number of rotatable bonds is 4. The Morgan fingerprint density at radius 3 is 2.62 bits per heavy atom. The SMILES string of the molecule is Cn1nccc1CNc1ccc(C(N)=S)c2ccccc12. The van der Waals surface area contributed by atoms with Gasteiger partial charge < -0.3 is 11.1 Å². The number of nitrogens with zero attached hydrogens (tertiary/aromatic N) is 2. The van der Waals surface area contributed by atoms with Crippen molar-refractivity contribution in [3.63, 3.8) is 0 Å². The molecule has 0 aliphatic rings. The summed E-state index contributed by atoms with van der Waals surface area (Å²) < 4.78 is 1.86. The van der Waals surface area contributed by atoms with Gasteiger partial charge in [-0.2, -0.15) is 5.10 Å². The maximum Gasteiger partial charge on any atom is 0.104 e. The molecule has 3 aromatic rings. The van der Waals surface area contributed by atoms with Crippen molar-refractivity contribution in [1.82, 2.24) is 9.78 Å². The van der Waals surface area contributed by atoms with Gasteiger partial charge in [0.05, 0.1) is 12.2 Å². The summed E-state index contributed by atoms with van der Waals surface area (Å²) in [6.07, 6.45) is 1.80. The number of aryl methyl sites for hydroxylation is 1. The molecule has 2 aromatic carbocycles. The number of thiocarbonyl (C=S) groups is 1. The molecule has 3 N–H and O–H groups in total. The zero-order valence-electron chi connectivity index (χ0n) is 11.7. The number of hydrogen-bond donors (Lipinski definition) is 2. The van der Waals surface area contributed by atoms with Crippen molar-refractivity contribution in [1.29, 1.82) is 0 Å². The lowest BCUT2D eigenvalue weighted by Gasteiger charge is -2.12. The van der Waals surface area contributed by atoms with E-state index in [0.29, 0.717) is 11.5 Å². The molecule has 0 fully saturated rings. The number of nitrogens with two attached hydrogens (primary N) is 1. The average molecular weight is 296 g/mol. The first-order valence-corrected chi connectivity index (χ1v) is 7.10. The maximum absolute atomic E-state index is 5.80. The number of nitrogens with one attached hydrogen (secondary N) is 1. The molecule has 3 rings (SSSR count). The summed E-state index contributed by atoms with van der Waals surface area (Å²) >= 11 is 5.13. The zero-order chi connectivity index (χ0) is 14.8. The fourth-order valence-corrected chi connectivity index (χ4v) is 2.61. The van der Waals surface area contributed by atoms with Crippen molar-refractivity contribution in [3.8, 4) is 0 Å². The van der Waals surface area contributed by atoms with Crippen molar-refractivity contribution in [2.24, 2.45) is 12.8 Å². The minimum absolute atomic E-state index is 0.421. The van der Waals surface area contributed by atoms with Crippen LogP contribution in [0.5, 0.6) is 0 Å². The number of aromatic nitrogens is 2. The van der Waals surface area contributed by atoms with Crippen LogP contribution < -0.4 is 11.1 Å². The van der Waals surface area contributed by atoms with E-state index in [1.165, 1.54) is 0 Å². The first kappa shape index (κ1) is 13.6. The van der Waals surface area contributed by atoms with Crippen LogP contribution in [-0.2, 0) is 13.6 Å². The molecular weight excluding hydrogens is 280 g/mol. The summed E-state index contributed by atoms with van der Waals surface area (Å²) in [4.78, 5) is 0.421. The molecule has 0 spiro atoms. The summed E-state index contributed by atoms with van der Waals surface area (Å²) in [6, 6.07) is 14.1. The van der Waals surface area contributed by atoms with Crippen LogP contribution in [-0.4, -0.2) is 14.8 Å². The Hall–Kier alpha value is -2.40. The van der Waals surface area contributed by atoms with Crippen LogP contribution in [0, 0.1) is 0 Å². The molecule has 0 saturated heterocycles. The minimum atomic E-state index is 0.421. The molecular formula is C16H16N4S. The third kappa shape index (κ3) is 2.60. The number of benzene rings is 2. The van der Waals surface area contributed by atoms with E-state index in [1.807, 2.05) is 48.1 Å². The Kier molecular flexibility index (Phi) is 3.58. The second-order valence-corrected chi connectivity index (χ2v) is 5.31. The Morgan fingerprint density at radius 1 is 1.19 bits per heavy atom. The van der Waals surface area contributed by atoms with Gasteiger partial charge >= 0.3 is 0 Å². The van der Waals surface area contributed by atoms with Gasteiger partial charge in [0.2, 0.25) is 0 Å². The molecule has 0 atom stereocenters. The number of fused-ring (bicyclic) bond motifs is 1. The topological polar surface area (TPSA) is 55.9 Å². The van der Waals surface area contributed by atoms with Crippen LogP contribution in [0.3, 0.4) is 0 Å². The molecule has 5 heteroatoms. The van der Waals surface area contributed by atoms with Crippen LogP contribution in [0.15, 0.2) is 48.7 Å². The lowest BCUT2D eigenvalue weighted by atomic mass is 10.0. The summed E-state index contributed by atoms with van der Waals surface area (Å²) in [5.74, 6) is 0. The fourth-order valence-electron chi connectivity index (χ4n) is 2.43. The summed E-state index contributed by atoms with van der Waals surface area (Å²) in [7, 11) is 1.94. The van der Waals surface area contributed by atoms with E-state index in [4.69, 9.17) is 18.0 Å². The minimum Gasteiger partial charge on any atom is -0.389 e. The van der Waals surface area contributed by atoms with Crippen molar-refractivity contribution in [3.05, 3.63) is 59.9 Å². The molecule has 1 heterocycles. The molecule has 4 nitrogen and oxygen atoms in total. The molecule has 0 bridgehead atoms. The summed E-state index contributed by atoms with van der Waals surface area (Å²) in [5, 5.41) is 9.81. The molecule has 106 valence electrons. The van der Waals surface area contributed by atoms with Crippen molar-refractivity contribution < 1.29 is 0 Å². The predicted octanol–water partition coefficient (Wildman–Crippen LogP) is 2.82. The number of anilines is 1. The lowest BCUT2D eigenvalue weighted by Crippen LogP contribution is -2.11. The first-order chi connectivity index (χ1) is 10.2. The van der Waals surface area contributed by atoms with Gasteiger partial charge in [0.15, 0.2) is 0 Å². The highest BCUT2D eigenvalue weighted by Gasteiger charge is 2.08. The standard InChI is InChI=1S/C16H16N4S/c1-20-11(8-9-19-20)10-18-15-7-6-14(16(17)21)12-4-2-3-5-13(12)15/h2-9,18H,10H2,1H3,(H2,17,21). The monoisotopic (exact) mass is 296 g/mol. The Balaban J connectivity index is 1.98. The summed E-state index contributed by atoms with van der Waals surface area (Å²) in [5.41, 5.74) is 8.89. The van der Waals surface area contributed by atoms with E-state index in [9.17, 15) is 0 Å². The molecule has 0 radical (unpaired) electrons. The van der Waals surface area contributed by atoms with Crippen molar-refractivity contribution in [2.45, 2.75) is 6.54 Å². The van der Waals surface area contributed by atoms with Gasteiger partial charge in [-0.3, -0.25) is 4.68 Å². The van der Waals surface area contributed by atoms with E-state index in [0.717, 1.165) is 27.7 Å². The van der Waals surface area contributed by atoms with Gasteiger partial charge in [0, 0.05) is 29.9 Å². The highest BCUT2D eigenvalue weighted by atomic mass is 32.1. The quantitative estimate of drug-likeness (QED) is 0.727. The van der Waals surface area contributed by atoms with E-state index < -0.39 is 0 Å². The van der Waals surface area contributed by atoms with E-state index >= 15 is 0 Å². The van der Waals surface area contributed by atoms with Gasteiger partial charge in [-0.05, 0) is 23.6 Å². The van der Waals surface area contributed by atoms with Crippen LogP contribution in [0.4, 0.5) is 5.69 Å². The van der Waals surface area contributed by atoms with Gasteiger partial charge in [-0.15, -0.1) is 0 Å². The van der Waals surface area contributed by atoms with Gasteiger partial charge in [0.25, 0.3) is 0 Å². The molecule has 1 aromatic heterocycles. The molecule has 0 saturated carbocycles. The normalized spacial score (nSPS) is 10.7. The summed E-state index contributed by atoms with van der Waals surface area (Å²) in [6.45, 7) is 0.715. The van der Waals surface area contributed by atoms with Crippen LogP contribution in [0.25, 0.3) is 10.8 Å². The molecule has 0 aliphatic carbocycles. The van der Waals surface area contributed by atoms with Gasteiger partial charge in [-0.25, -0.2) is 0 Å². The number of hydrogen-bond acceptors (Lipinski definition) is 3. The Morgan fingerprint density at radius 2 is 1.95 bits per heavy atom. The zero-order valence-corrected chi connectivity index (χ0v) is 12.5. The highest BCUT2D eigenvalue weighted by Crippen LogP contribution is 2.27. The van der Waals surface area contributed by atoms with E-state index in [2.05, 4.69) is 16.5 Å². The highest BCUT2D eigenvalue weighted by molar-refractivity contribution is 7.80. The van der Waals surface area contributed by atoms with Crippen molar-refractivity contribution in [2.75, 3.05) is 5.32 Å². The predicted molar refractivity (Wildman–Crippen MR) is 90.4 cm³/mol. The largest absolute Gasteiger partial charge is 0.389 e. The van der Waals surface area contributed by atoms with Crippen LogP contribution in [0.1, 0.15) is 11.3 Å². The van der Waals surface area contributed by atoms with Crippen LogP contribution >= 0.6 is 12.2 Å². The Labute approximate surface area is 128 Å². The van der Waals surface area contributed by atoms with E-state index in [1.54, 1.807) is 6.20 Å². The smallest absolute Gasteiger partial charge is 0.104 e. The van der Waals surface area contributed by atoms with E-state index in [-0.39, 0.29) is 0 Å². The Bertz CT molecular complexity index is 807. The second-order valence-electron chi connectivity index (χ2n) is 4.87. The van der Waals surface area contributed by atoms with Crippen LogP contribution in [0.2, 0.25) is 0 Å². The van der Waals surface area contributed by atoms with Gasteiger partial charge in [-0.1, -0.05) is 36.5 Å². The third-order valence-corrected chi connectivity index (χ3v) is 3.79. The van der Waals surface area contributed by atoms with Gasteiger partial charge in [0.1, 0.15) is 4.99 Å². The average Bonchev–Trinajstić information content (AvgIpc) is 2.89. The van der Waals surface area contributed by atoms with Crippen molar-refractivity contribution >= 4 is 33.7 Å². The molecule has 0 unspecified atom stereocenters. The fraction of sp³-hybridized carbons (Fsp3) is 0.125. The molecule has 0 amide bonds. The third-order valence-electron chi connectivity index (χ3n) is 3.57. The first-order valence-electron chi connectivity index (χ1n) is 6.69. The molecule has 0 aliphatic heterocycles. The maximum atomic E-state index is 5.80. The molecule has 21 heavy (non-hydrogen) atoms. The second kappa shape index (κ2) is 5.54.